The van der Waals surface area contributed by atoms with Gasteiger partial charge >= 0.3 is 0 Å². The van der Waals surface area contributed by atoms with Crippen molar-refractivity contribution in [2.75, 3.05) is 6.54 Å². The number of halogens is 1. The Bertz CT molecular complexity index is 285. The summed E-state index contributed by atoms with van der Waals surface area (Å²) in [7, 11) is 0. The summed E-state index contributed by atoms with van der Waals surface area (Å²) < 4.78 is 3.04. The fourth-order valence-corrected chi connectivity index (χ4v) is 1.76. The zero-order chi connectivity index (χ0) is 10.4. The number of aromatic nitrogens is 1. The van der Waals surface area contributed by atoms with Crippen molar-refractivity contribution in [3.05, 3.63) is 23.5 Å². The molecule has 2 N–H and O–H groups in total. The number of aliphatic hydroxyl groups is 1. The van der Waals surface area contributed by atoms with Gasteiger partial charge in [-0.05, 0) is 30.5 Å². The monoisotopic (exact) mass is 232 g/mol. The van der Waals surface area contributed by atoms with E-state index in [2.05, 4.69) is 9.71 Å². The Morgan fingerprint density at radius 2 is 2.50 bits per heavy atom. The van der Waals surface area contributed by atoms with Crippen LogP contribution in [0.25, 0.3) is 0 Å². The number of pyridine rings is 1. The standard InChI is InChI=1S/C9H13ClN2OS/c1-2-7(13)6-12-14-8-4-3-5-11-9(8)10/h3-5,7,12-13H,2,6H2,1H3/t7-/m1/s1. The van der Waals surface area contributed by atoms with E-state index in [1.54, 1.807) is 6.20 Å². The van der Waals surface area contributed by atoms with Crippen LogP contribution in [0.4, 0.5) is 0 Å². The molecule has 0 radical (unpaired) electrons. The summed E-state index contributed by atoms with van der Waals surface area (Å²) >= 11 is 7.23. The van der Waals surface area contributed by atoms with E-state index in [9.17, 15) is 5.11 Å². The molecule has 78 valence electrons. The van der Waals surface area contributed by atoms with Crippen LogP contribution in [-0.2, 0) is 0 Å². The topological polar surface area (TPSA) is 45.1 Å². The molecule has 0 spiro atoms. The highest BCUT2D eigenvalue weighted by molar-refractivity contribution is 7.97. The first-order valence-corrected chi connectivity index (χ1v) is 5.61. The third-order valence-corrected chi connectivity index (χ3v) is 2.97. The van der Waals surface area contributed by atoms with E-state index in [0.717, 1.165) is 11.3 Å². The molecular formula is C9H13ClN2OS. The molecule has 0 saturated heterocycles. The van der Waals surface area contributed by atoms with Crippen molar-refractivity contribution in [2.45, 2.75) is 24.3 Å². The molecule has 3 nitrogen and oxygen atoms in total. The van der Waals surface area contributed by atoms with Crippen LogP contribution in [0.1, 0.15) is 13.3 Å². The summed E-state index contributed by atoms with van der Waals surface area (Å²) in [6.45, 7) is 2.49. The Kier molecular flexibility index (Phi) is 5.25. The molecule has 1 aromatic rings. The minimum atomic E-state index is -0.307. The molecule has 0 aliphatic heterocycles. The van der Waals surface area contributed by atoms with E-state index in [-0.39, 0.29) is 6.10 Å². The van der Waals surface area contributed by atoms with Crippen LogP contribution in [-0.4, -0.2) is 22.7 Å². The first-order chi connectivity index (χ1) is 6.74. The Labute approximate surface area is 93.0 Å². The summed E-state index contributed by atoms with van der Waals surface area (Å²) in [5.74, 6) is 0. The smallest absolute Gasteiger partial charge is 0.143 e. The second kappa shape index (κ2) is 6.24. The van der Waals surface area contributed by atoms with Crippen LogP contribution in [0.15, 0.2) is 23.2 Å². The molecule has 0 bridgehead atoms. The molecule has 1 heterocycles. The van der Waals surface area contributed by atoms with E-state index >= 15 is 0 Å². The van der Waals surface area contributed by atoms with Gasteiger partial charge in [0.15, 0.2) is 0 Å². The maximum atomic E-state index is 9.28. The Morgan fingerprint density at radius 1 is 1.71 bits per heavy atom. The van der Waals surface area contributed by atoms with Gasteiger partial charge in [-0.3, -0.25) is 4.72 Å². The van der Waals surface area contributed by atoms with Crippen molar-refractivity contribution in [3.8, 4) is 0 Å². The molecule has 0 unspecified atom stereocenters. The largest absolute Gasteiger partial charge is 0.392 e. The van der Waals surface area contributed by atoms with Crippen LogP contribution in [0, 0.1) is 0 Å². The lowest BCUT2D eigenvalue weighted by atomic mass is 10.3. The highest BCUT2D eigenvalue weighted by Gasteiger charge is 2.03. The van der Waals surface area contributed by atoms with Gasteiger partial charge in [-0.25, -0.2) is 4.98 Å². The van der Waals surface area contributed by atoms with Crippen LogP contribution in [0.3, 0.4) is 0 Å². The Hall–Kier alpha value is -0.290. The van der Waals surface area contributed by atoms with Gasteiger partial charge in [0, 0.05) is 12.7 Å². The number of hydrogen-bond donors (Lipinski definition) is 2. The van der Waals surface area contributed by atoms with Crippen LogP contribution < -0.4 is 4.72 Å². The minimum Gasteiger partial charge on any atom is -0.392 e. The Balaban J connectivity index is 2.35. The molecule has 0 saturated carbocycles. The van der Waals surface area contributed by atoms with Crippen molar-refractivity contribution in [1.29, 1.82) is 0 Å². The van der Waals surface area contributed by atoms with E-state index in [1.807, 2.05) is 19.1 Å². The van der Waals surface area contributed by atoms with E-state index < -0.39 is 0 Å². The fourth-order valence-electron chi connectivity index (χ4n) is 0.807. The predicted molar refractivity (Wildman–Crippen MR) is 59.4 cm³/mol. The molecule has 0 aliphatic rings. The van der Waals surface area contributed by atoms with Crippen molar-refractivity contribution in [1.82, 2.24) is 9.71 Å². The van der Waals surface area contributed by atoms with Gasteiger partial charge < -0.3 is 5.11 Å². The molecule has 1 rings (SSSR count). The molecule has 1 atom stereocenters. The normalized spacial score (nSPS) is 12.8. The van der Waals surface area contributed by atoms with E-state index in [0.29, 0.717) is 11.7 Å². The maximum Gasteiger partial charge on any atom is 0.143 e. The lowest BCUT2D eigenvalue weighted by Crippen LogP contribution is -2.20. The van der Waals surface area contributed by atoms with Gasteiger partial charge in [0.05, 0.1) is 11.0 Å². The van der Waals surface area contributed by atoms with Crippen LogP contribution in [0.5, 0.6) is 0 Å². The number of hydrogen-bond acceptors (Lipinski definition) is 4. The molecule has 0 aliphatic carbocycles. The SMILES string of the molecule is CC[C@@H](O)CNSc1cccnc1Cl. The molecule has 5 heteroatoms. The fraction of sp³-hybridized carbons (Fsp3) is 0.444. The highest BCUT2D eigenvalue weighted by Crippen LogP contribution is 2.21. The summed E-state index contributed by atoms with van der Waals surface area (Å²) in [4.78, 5) is 4.81. The molecule has 0 aromatic carbocycles. The molecule has 14 heavy (non-hydrogen) atoms. The number of aliphatic hydroxyl groups excluding tert-OH is 1. The average Bonchev–Trinajstić information content (AvgIpc) is 2.20. The van der Waals surface area contributed by atoms with Gasteiger partial charge in [0.25, 0.3) is 0 Å². The summed E-state index contributed by atoms with van der Waals surface area (Å²) in [5.41, 5.74) is 0. The predicted octanol–water partition coefficient (Wildman–Crippen LogP) is 2.10. The van der Waals surface area contributed by atoms with Gasteiger partial charge in [-0.2, -0.15) is 0 Å². The number of rotatable bonds is 5. The van der Waals surface area contributed by atoms with Crippen molar-refractivity contribution in [2.24, 2.45) is 0 Å². The zero-order valence-electron chi connectivity index (χ0n) is 7.90. The van der Waals surface area contributed by atoms with Gasteiger partial charge in [0.2, 0.25) is 0 Å². The van der Waals surface area contributed by atoms with Crippen molar-refractivity contribution < 1.29 is 5.11 Å². The second-order valence-corrected chi connectivity index (χ2v) is 4.10. The molecule has 0 amide bonds. The highest BCUT2D eigenvalue weighted by atomic mass is 35.5. The van der Waals surface area contributed by atoms with Crippen LogP contribution in [0.2, 0.25) is 5.15 Å². The minimum absolute atomic E-state index is 0.307. The summed E-state index contributed by atoms with van der Waals surface area (Å²) in [5, 5.41) is 9.76. The first-order valence-electron chi connectivity index (χ1n) is 4.42. The van der Waals surface area contributed by atoms with E-state index in [4.69, 9.17) is 11.6 Å². The molecule has 1 aromatic heterocycles. The van der Waals surface area contributed by atoms with E-state index in [1.165, 1.54) is 11.9 Å². The van der Waals surface area contributed by atoms with Gasteiger partial charge in [0.1, 0.15) is 5.15 Å². The lowest BCUT2D eigenvalue weighted by molar-refractivity contribution is 0.175. The lowest BCUT2D eigenvalue weighted by Gasteiger charge is -2.08. The zero-order valence-corrected chi connectivity index (χ0v) is 9.48. The quantitative estimate of drug-likeness (QED) is 0.603. The number of nitrogens with zero attached hydrogens (tertiary/aromatic N) is 1. The molecular weight excluding hydrogens is 220 g/mol. The second-order valence-electron chi connectivity index (χ2n) is 2.80. The van der Waals surface area contributed by atoms with Gasteiger partial charge in [-0.15, -0.1) is 0 Å². The van der Waals surface area contributed by atoms with Crippen molar-refractivity contribution >= 4 is 23.5 Å². The third-order valence-electron chi connectivity index (χ3n) is 1.70. The van der Waals surface area contributed by atoms with Crippen molar-refractivity contribution in [3.63, 3.8) is 0 Å². The van der Waals surface area contributed by atoms with Gasteiger partial charge in [-0.1, -0.05) is 18.5 Å². The Morgan fingerprint density at radius 3 is 3.14 bits per heavy atom. The first kappa shape index (κ1) is 11.8. The molecule has 0 fully saturated rings. The average molecular weight is 233 g/mol. The third kappa shape index (κ3) is 3.84. The maximum absolute atomic E-state index is 9.28. The van der Waals surface area contributed by atoms with Crippen LogP contribution >= 0.6 is 23.5 Å². The summed E-state index contributed by atoms with van der Waals surface area (Å²) in [6.07, 6.45) is 2.08. The summed E-state index contributed by atoms with van der Waals surface area (Å²) in [6, 6.07) is 3.71. The number of nitrogens with one attached hydrogen (secondary N) is 1.